The minimum atomic E-state index is -0.884. The molecule has 1 heterocycles. The summed E-state index contributed by atoms with van der Waals surface area (Å²) >= 11 is 5.95. The van der Waals surface area contributed by atoms with Gasteiger partial charge in [0.1, 0.15) is 29.6 Å². The van der Waals surface area contributed by atoms with Crippen LogP contribution in [-0.4, -0.2) is 34.8 Å². The SMILES string of the molecule is CCN(CC(=O)Nc1c(F)cccc1F)C(=O)c1cc2cc(Cl)ccc2[nH]1. The predicted molar refractivity (Wildman–Crippen MR) is 99.9 cm³/mol. The zero-order valence-electron chi connectivity index (χ0n) is 14.4. The second-order valence-electron chi connectivity index (χ2n) is 5.88. The van der Waals surface area contributed by atoms with Crippen LogP contribution in [0.3, 0.4) is 0 Å². The Morgan fingerprint density at radius 3 is 2.52 bits per heavy atom. The Balaban J connectivity index is 1.75. The molecule has 0 aliphatic rings. The zero-order valence-corrected chi connectivity index (χ0v) is 15.1. The van der Waals surface area contributed by atoms with Gasteiger partial charge in [0.2, 0.25) is 5.91 Å². The maximum absolute atomic E-state index is 13.7. The van der Waals surface area contributed by atoms with Crippen molar-refractivity contribution in [1.29, 1.82) is 0 Å². The molecular formula is C19H16ClF2N3O2. The van der Waals surface area contributed by atoms with Crippen molar-refractivity contribution in [2.45, 2.75) is 6.92 Å². The highest BCUT2D eigenvalue weighted by Crippen LogP contribution is 2.21. The summed E-state index contributed by atoms with van der Waals surface area (Å²) in [4.78, 5) is 29.1. The molecule has 0 atom stereocenters. The average molecular weight is 392 g/mol. The molecule has 2 amide bonds. The number of para-hydroxylation sites is 1. The van der Waals surface area contributed by atoms with E-state index in [1.54, 1.807) is 31.2 Å². The number of carbonyl (C=O) groups is 2. The molecule has 0 radical (unpaired) electrons. The number of likely N-dealkylation sites (N-methyl/N-ethyl adjacent to an activating group) is 1. The third-order valence-electron chi connectivity index (χ3n) is 4.04. The fraction of sp³-hybridized carbons (Fsp3) is 0.158. The van der Waals surface area contributed by atoms with Gasteiger partial charge in [0.05, 0.1) is 0 Å². The van der Waals surface area contributed by atoms with Gasteiger partial charge in [-0.2, -0.15) is 0 Å². The first kappa shape index (κ1) is 18.8. The second-order valence-corrected chi connectivity index (χ2v) is 6.32. The summed E-state index contributed by atoms with van der Waals surface area (Å²) in [7, 11) is 0. The van der Waals surface area contributed by atoms with Crippen molar-refractivity contribution in [3.05, 3.63) is 64.8 Å². The van der Waals surface area contributed by atoms with Crippen LogP contribution >= 0.6 is 11.6 Å². The number of nitrogens with zero attached hydrogens (tertiary/aromatic N) is 1. The molecule has 0 saturated carbocycles. The Morgan fingerprint density at radius 2 is 1.85 bits per heavy atom. The third-order valence-corrected chi connectivity index (χ3v) is 4.28. The Bertz CT molecular complexity index is 999. The fourth-order valence-electron chi connectivity index (χ4n) is 2.69. The van der Waals surface area contributed by atoms with Crippen LogP contribution in [0, 0.1) is 11.6 Å². The molecule has 1 aromatic heterocycles. The van der Waals surface area contributed by atoms with Crippen LogP contribution in [0.2, 0.25) is 5.02 Å². The number of carbonyl (C=O) groups excluding carboxylic acids is 2. The number of halogens is 3. The van der Waals surface area contributed by atoms with Crippen LogP contribution in [0.25, 0.3) is 10.9 Å². The number of rotatable bonds is 5. The van der Waals surface area contributed by atoms with Crippen molar-refractivity contribution >= 4 is 40.0 Å². The zero-order chi connectivity index (χ0) is 19.6. The Morgan fingerprint density at radius 1 is 1.15 bits per heavy atom. The molecule has 140 valence electrons. The van der Waals surface area contributed by atoms with E-state index >= 15 is 0 Å². The maximum Gasteiger partial charge on any atom is 0.270 e. The van der Waals surface area contributed by atoms with Crippen LogP contribution in [0.4, 0.5) is 14.5 Å². The number of amides is 2. The normalized spacial score (nSPS) is 10.8. The molecule has 8 heteroatoms. The summed E-state index contributed by atoms with van der Waals surface area (Å²) < 4.78 is 27.3. The molecule has 0 spiro atoms. The minimum absolute atomic E-state index is 0.238. The molecule has 0 bridgehead atoms. The molecule has 3 aromatic rings. The van der Waals surface area contributed by atoms with Crippen LogP contribution in [0.15, 0.2) is 42.5 Å². The van der Waals surface area contributed by atoms with E-state index < -0.39 is 29.1 Å². The number of fused-ring (bicyclic) bond motifs is 1. The molecule has 0 saturated heterocycles. The molecule has 2 N–H and O–H groups in total. The number of hydrogen-bond donors (Lipinski definition) is 2. The lowest BCUT2D eigenvalue weighted by Gasteiger charge is -2.19. The van der Waals surface area contributed by atoms with Gasteiger partial charge >= 0.3 is 0 Å². The van der Waals surface area contributed by atoms with Crippen molar-refractivity contribution < 1.29 is 18.4 Å². The largest absolute Gasteiger partial charge is 0.351 e. The van der Waals surface area contributed by atoms with E-state index in [2.05, 4.69) is 10.3 Å². The molecule has 5 nitrogen and oxygen atoms in total. The highest BCUT2D eigenvalue weighted by Gasteiger charge is 2.20. The molecule has 2 aromatic carbocycles. The van der Waals surface area contributed by atoms with E-state index in [1.165, 1.54) is 11.0 Å². The van der Waals surface area contributed by atoms with Gasteiger partial charge in [0, 0.05) is 22.5 Å². The van der Waals surface area contributed by atoms with Crippen LogP contribution < -0.4 is 5.32 Å². The van der Waals surface area contributed by atoms with E-state index in [9.17, 15) is 18.4 Å². The van der Waals surface area contributed by atoms with E-state index in [1.807, 2.05) is 0 Å². The number of nitrogens with one attached hydrogen (secondary N) is 2. The van der Waals surface area contributed by atoms with Gasteiger partial charge in [-0.3, -0.25) is 9.59 Å². The minimum Gasteiger partial charge on any atom is -0.351 e. The highest BCUT2D eigenvalue weighted by molar-refractivity contribution is 6.31. The van der Waals surface area contributed by atoms with Gasteiger partial charge < -0.3 is 15.2 Å². The maximum atomic E-state index is 13.7. The van der Waals surface area contributed by atoms with Crippen molar-refractivity contribution in [3.8, 4) is 0 Å². The van der Waals surface area contributed by atoms with Crippen molar-refractivity contribution in [2.24, 2.45) is 0 Å². The number of aromatic nitrogens is 1. The first-order valence-electron chi connectivity index (χ1n) is 8.20. The van der Waals surface area contributed by atoms with E-state index in [0.717, 1.165) is 23.0 Å². The van der Waals surface area contributed by atoms with Gasteiger partial charge in [0.15, 0.2) is 0 Å². The topological polar surface area (TPSA) is 65.2 Å². The molecule has 0 fully saturated rings. The highest BCUT2D eigenvalue weighted by atomic mass is 35.5. The fourth-order valence-corrected chi connectivity index (χ4v) is 2.87. The van der Waals surface area contributed by atoms with Gasteiger partial charge in [-0.05, 0) is 43.3 Å². The first-order chi connectivity index (χ1) is 12.9. The van der Waals surface area contributed by atoms with Crippen LogP contribution in [0.5, 0.6) is 0 Å². The molecule has 0 aliphatic carbocycles. The second kappa shape index (κ2) is 7.75. The molecule has 27 heavy (non-hydrogen) atoms. The van der Waals surface area contributed by atoms with Crippen molar-refractivity contribution in [3.63, 3.8) is 0 Å². The van der Waals surface area contributed by atoms with E-state index in [4.69, 9.17) is 11.6 Å². The summed E-state index contributed by atoms with van der Waals surface area (Å²) in [6, 6.07) is 10.1. The van der Waals surface area contributed by atoms with Gasteiger partial charge in [0.25, 0.3) is 5.91 Å². The number of anilines is 1. The van der Waals surface area contributed by atoms with Crippen molar-refractivity contribution in [2.75, 3.05) is 18.4 Å². The van der Waals surface area contributed by atoms with Gasteiger partial charge in [-0.25, -0.2) is 8.78 Å². The summed E-state index contributed by atoms with van der Waals surface area (Å²) in [5.74, 6) is -2.88. The van der Waals surface area contributed by atoms with E-state index in [0.29, 0.717) is 10.7 Å². The first-order valence-corrected chi connectivity index (χ1v) is 8.58. The lowest BCUT2D eigenvalue weighted by Crippen LogP contribution is -2.38. The molecular weight excluding hydrogens is 376 g/mol. The van der Waals surface area contributed by atoms with Crippen LogP contribution in [0.1, 0.15) is 17.4 Å². The summed E-state index contributed by atoms with van der Waals surface area (Å²) in [6.45, 7) is 1.59. The summed E-state index contributed by atoms with van der Waals surface area (Å²) in [5.41, 5.74) is 0.488. The molecule has 0 aliphatic heterocycles. The smallest absolute Gasteiger partial charge is 0.270 e. The average Bonchev–Trinajstić information content (AvgIpc) is 3.05. The molecule has 3 rings (SSSR count). The quantitative estimate of drug-likeness (QED) is 0.684. The Hall–Kier alpha value is -2.93. The van der Waals surface area contributed by atoms with Crippen molar-refractivity contribution in [1.82, 2.24) is 9.88 Å². The van der Waals surface area contributed by atoms with Crippen LogP contribution in [-0.2, 0) is 4.79 Å². The number of hydrogen-bond acceptors (Lipinski definition) is 2. The number of H-pyrrole nitrogens is 1. The molecule has 0 unspecified atom stereocenters. The van der Waals surface area contributed by atoms with Gasteiger partial charge in [-0.15, -0.1) is 0 Å². The van der Waals surface area contributed by atoms with E-state index in [-0.39, 0.29) is 13.1 Å². The summed E-state index contributed by atoms with van der Waals surface area (Å²) in [6.07, 6.45) is 0. The Labute approximate surface area is 158 Å². The summed E-state index contributed by atoms with van der Waals surface area (Å²) in [5, 5.41) is 3.48. The van der Waals surface area contributed by atoms with Gasteiger partial charge in [-0.1, -0.05) is 17.7 Å². The number of aromatic amines is 1. The monoisotopic (exact) mass is 391 g/mol. The number of benzene rings is 2. The predicted octanol–water partition coefficient (Wildman–Crippen LogP) is 4.20. The standard InChI is InChI=1S/C19H16ClF2N3O2/c1-2-25(10-17(26)24-18-13(21)4-3-5-14(18)22)19(27)16-9-11-8-12(20)6-7-15(11)23-16/h3-9,23H,2,10H2,1H3,(H,24,26). The Kier molecular flexibility index (Phi) is 5.41. The third kappa shape index (κ3) is 4.09. The lowest BCUT2D eigenvalue weighted by molar-refractivity contribution is -0.116. The lowest BCUT2D eigenvalue weighted by atomic mass is 10.2.